The molecule has 4 heterocycles. The van der Waals surface area contributed by atoms with Gasteiger partial charge in [0.05, 0.1) is 5.39 Å². The Kier molecular flexibility index (Phi) is 3.22. The lowest BCUT2D eigenvalue weighted by molar-refractivity contribution is -0.137. The highest BCUT2D eigenvalue weighted by molar-refractivity contribution is 7.16. The third-order valence-electron chi connectivity index (χ3n) is 6.02. The van der Waals surface area contributed by atoms with Gasteiger partial charge >= 0.3 is 5.97 Å². The first-order valence-electron chi connectivity index (χ1n) is 8.71. The minimum atomic E-state index is -0.728. The van der Waals surface area contributed by atoms with Crippen molar-refractivity contribution in [3.8, 4) is 0 Å². The second-order valence-corrected chi connectivity index (χ2v) is 8.29. The van der Waals surface area contributed by atoms with Crippen molar-refractivity contribution in [3.63, 3.8) is 0 Å². The van der Waals surface area contributed by atoms with Gasteiger partial charge in [0.15, 0.2) is 0 Å². The van der Waals surface area contributed by atoms with Crippen LogP contribution in [0.25, 0.3) is 10.2 Å². The Balaban J connectivity index is 1.47. The van der Waals surface area contributed by atoms with Gasteiger partial charge in [0.25, 0.3) is 0 Å². The molecule has 0 radical (unpaired) electrons. The Hall–Kier alpha value is -1.96. The number of aromatic nitrogens is 2. The number of piperidine rings is 1. The maximum Gasteiger partial charge on any atom is 0.303 e. The third kappa shape index (κ3) is 2.30. The van der Waals surface area contributed by atoms with Crippen molar-refractivity contribution >= 4 is 39.3 Å². The first-order chi connectivity index (χ1) is 12.0. The van der Waals surface area contributed by atoms with Gasteiger partial charge in [0.1, 0.15) is 16.5 Å². The molecule has 5 rings (SSSR count). The van der Waals surface area contributed by atoms with E-state index in [1.807, 2.05) is 0 Å². The Labute approximate surface area is 148 Å². The van der Waals surface area contributed by atoms with Crippen LogP contribution < -0.4 is 9.80 Å². The van der Waals surface area contributed by atoms with E-state index in [0.29, 0.717) is 39.9 Å². The number of fused-ring (bicyclic) bond motifs is 2. The largest absolute Gasteiger partial charge is 0.481 e. The SMILES string of the molecule is C[C@H]1CCN1c1nc(N2C[C@@H]3[C@@H](CC(=O)O)[C@@H]3C2)c2c(F)csc2n1. The smallest absolute Gasteiger partial charge is 0.303 e. The molecular weight excluding hydrogens is 343 g/mol. The maximum atomic E-state index is 14.3. The predicted molar refractivity (Wildman–Crippen MR) is 93.7 cm³/mol. The molecule has 0 aromatic carbocycles. The molecule has 25 heavy (non-hydrogen) atoms. The fourth-order valence-corrected chi connectivity index (χ4v) is 5.15. The standard InChI is InChI=1S/C17H19FN4O2S/c1-8-2-3-22(8)17-19-15(14-12(18)7-25-16(14)20-17)21-5-10-9(4-13(23)24)11(10)6-21/h7-11H,2-6H2,1H3,(H,23,24)/t8-,9-,10-,11+/m0/s1. The van der Waals surface area contributed by atoms with E-state index in [9.17, 15) is 9.18 Å². The Morgan fingerprint density at radius 2 is 2.16 bits per heavy atom. The van der Waals surface area contributed by atoms with Crippen LogP contribution in [0.3, 0.4) is 0 Å². The summed E-state index contributed by atoms with van der Waals surface area (Å²) >= 11 is 1.32. The van der Waals surface area contributed by atoms with Crippen LogP contribution in [0.15, 0.2) is 5.38 Å². The molecule has 2 aliphatic heterocycles. The lowest BCUT2D eigenvalue weighted by atomic mass is 10.1. The molecule has 1 saturated carbocycles. The quantitative estimate of drug-likeness (QED) is 0.902. The number of carbonyl (C=O) groups is 1. The fraction of sp³-hybridized carbons (Fsp3) is 0.588. The number of nitrogens with zero attached hydrogens (tertiary/aromatic N) is 4. The number of rotatable bonds is 4. The number of carboxylic acid groups (broad SMARTS) is 1. The molecule has 1 aliphatic carbocycles. The van der Waals surface area contributed by atoms with E-state index in [1.165, 1.54) is 16.7 Å². The van der Waals surface area contributed by atoms with E-state index in [-0.39, 0.29) is 18.2 Å². The molecule has 6 nitrogen and oxygen atoms in total. The van der Waals surface area contributed by atoms with Gasteiger partial charge in [0.2, 0.25) is 5.95 Å². The summed E-state index contributed by atoms with van der Waals surface area (Å²) in [5.41, 5.74) is 0. The number of aliphatic carboxylic acids is 1. The van der Waals surface area contributed by atoms with Gasteiger partial charge in [-0.15, -0.1) is 11.3 Å². The molecule has 132 valence electrons. The van der Waals surface area contributed by atoms with Crippen molar-refractivity contribution in [1.82, 2.24) is 9.97 Å². The summed E-state index contributed by atoms with van der Waals surface area (Å²) in [4.78, 5) is 25.2. The van der Waals surface area contributed by atoms with Crippen LogP contribution in [-0.2, 0) is 4.79 Å². The summed E-state index contributed by atoms with van der Waals surface area (Å²) in [7, 11) is 0. The van der Waals surface area contributed by atoms with E-state index < -0.39 is 5.97 Å². The summed E-state index contributed by atoms with van der Waals surface area (Å²) in [5, 5.41) is 11.0. The summed E-state index contributed by atoms with van der Waals surface area (Å²) in [6.07, 6.45) is 1.37. The van der Waals surface area contributed by atoms with Gasteiger partial charge in [0, 0.05) is 37.5 Å². The van der Waals surface area contributed by atoms with Crippen LogP contribution in [-0.4, -0.2) is 46.7 Å². The minimum absolute atomic E-state index is 0.242. The normalized spacial score (nSPS) is 30.5. The average molecular weight is 362 g/mol. The van der Waals surface area contributed by atoms with Crippen LogP contribution in [0.1, 0.15) is 19.8 Å². The first-order valence-corrected chi connectivity index (χ1v) is 9.59. The van der Waals surface area contributed by atoms with Gasteiger partial charge in [-0.25, -0.2) is 9.37 Å². The topological polar surface area (TPSA) is 69.6 Å². The predicted octanol–water partition coefficient (Wildman–Crippen LogP) is 2.59. The highest BCUT2D eigenvalue weighted by Gasteiger charge is 2.56. The van der Waals surface area contributed by atoms with Crippen molar-refractivity contribution in [3.05, 3.63) is 11.2 Å². The Morgan fingerprint density at radius 3 is 2.76 bits per heavy atom. The second-order valence-electron chi connectivity index (χ2n) is 7.44. The van der Waals surface area contributed by atoms with Crippen LogP contribution in [0.5, 0.6) is 0 Å². The van der Waals surface area contributed by atoms with Gasteiger partial charge in [-0.3, -0.25) is 4.79 Å². The molecule has 2 aromatic heterocycles. The lowest BCUT2D eigenvalue weighted by Gasteiger charge is -2.39. The van der Waals surface area contributed by atoms with Crippen molar-refractivity contribution in [2.75, 3.05) is 29.4 Å². The molecule has 1 N–H and O–H groups in total. The van der Waals surface area contributed by atoms with Crippen LogP contribution in [0.2, 0.25) is 0 Å². The molecule has 8 heteroatoms. The molecule has 0 spiro atoms. The van der Waals surface area contributed by atoms with E-state index in [1.54, 1.807) is 0 Å². The number of halogens is 1. The zero-order valence-corrected chi connectivity index (χ0v) is 14.7. The van der Waals surface area contributed by atoms with Gasteiger partial charge in [-0.1, -0.05) is 0 Å². The first kappa shape index (κ1) is 15.3. The zero-order chi connectivity index (χ0) is 17.3. The van der Waals surface area contributed by atoms with Crippen LogP contribution in [0.4, 0.5) is 16.2 Å². The van der Waals surface area contributed by atoms with Crippen molar-refractivity contribution in [1.29, 1.82) is 0 Å². The average Bonchev–Trinajstić information content (AvgIpc) is 2.91. The summed E-state index contributed by atoms with van der Waals surface area (Å²) in [5.74, 6) is 1.44. The zero-order valence-electron chi connectivity index (χ0n) is 13.9. The fourth-order valence-electron chi connectivity index (χ4n) is 4.38. The molecule has 2 aromatic rings. The molecule has 3 fully saturated rings. The highest BCUT2D eigenvalue weighted by Crippen LogP contribution is 2.54. The summed E-state index contributed by atoms with van der Waals surface area (Å²) in [6.45, 7) is 4.61. The third-order valence-corrected chi connectivity index (χ3v) is 6.86. The van der Waals surface area contributed by atoms with Gasteiger partial charge in [-0.05, 0) is 31.1 Å². The Morgan fingerprint density at radius 1 is 1.40 bits per heavy atom. The molecule has 0 bridgehead atoms. The molecule has 0 amide bonds. The second kappa shape index (κ2) is 5.27. The van der Waals surface area contributed by atoms with Gasteiger partial charge in [-0.2, -0.15) is 4.98 Å². The number of hydrogen-bond donors (Lipinski definition) is 1. The number of anilines is 2. The maximum absolute atomic E-state index is 14.3. The molecule has 2 saturated heterocycles. The van der Waals surface area contributed by atoms with E-state index in [4.69, 9.17) is 10.1 Å². The van der Waals surface area contributed by atoms with E-state index in [2.05, 4.69) is 21.7 Å². The minimum Gasteiger partial charge on any atom is -0.481 e. The lowest BCUT2D eigenvalue weighted by Crippen LogP contribution is -2.46. The number of hydrogen-bond acceptors (Lipinski definition) is 6. The molecular formula is C17H19FN4O2S. The molecule has 0 unspecified atom stereocenters. The molecule has 4 atom stereocenters. The number of carboxylic acids is 1. The Bertz CT molecular complexity index is 860. The van der Waals surface area contributed by atoms with Crippen molar-refractivity contribution in [2.24, 2.45) is 17.8 Å². The van der Waals surface area contributed by atoms with E-state index in [0.717, 1.165) is 26.1 Å². The summed E-state index contributed by atoms with van der Waals surface area (Å²) in [6, 6.07) is 0.419. The highest BCUT2D eigenvalue weighted by atomic mass is 32.1. The van der Waals surface area contributed by atoms with Crippen molar-refractivity contribution < 1.29 is 14.3 Å². The van der Waals surface area contributed by atoms with Crippen LogP contribution >= 0.6 is 11.3 Å². The van der Waals surface area contributed by atoms with Crippen LogP contribution in [0, 0.1) is 23.6 Å². The van der Waals surface area contributed by atoms with E-state index >= 15 is 0 Å². The number of thiophene rings is 1. The molecule has 3 aliphatic rings. The monoisotopic (exact) mass is 362 g/mol. The van der Waals surface area contributed by atoms with Crippen molar-refractivity contribution in [2.45, 2.75) is 25.8 Å². The van der Waals surface area contributed by atoms with Gasteiger partial charge < -0.3 is 14.9 Å². The summed E-state index contributed by atoms with van der Waals surface area (Å²) < 4.78 is 14.3.